The molecule has 0 atom stereocenters. The number of benzene rings is 2. The summed E-state index contributed by atoms with van der Waals surface area (Å²) in [7, 11) is 0. The third-order valence-corrected chi connectivity index (χ3v) is 4.18. The Kier molecular flexibility index (Phi) is 3.39. The molecule has 2 aromatic heterocycles. The van der Waals surface area contributed by atoms with E-state index in [0.717, 1.165) is 6.07 Å². The smallest absolute Gasteiger partial charge is 0.338 e. The number of para-hydroxylation sites is 1. The first-order valence-electron chi connectivity index (χ1n) is 7.64. The molecule has 124 valence electrons. The Labute approximate surface area is 140 Å². The Morgan fingerprint density at radius 2 is 1.76 bits per heavy atom. The summed E-state index contributed by atoms with van der Waals surface area (Å²) in [5, 5.41) is 0.687. The molecule has 2 heterocycles. The van der Waals surface area contributed by atoms with Gasteiger partial charge in [0.05, 0.1) is 17.7 Å². The predicted octanol–water partition coefficient (Wildman–Crippen LogP) is 2.88. The molecular formula is C19H13FN2O3. The van der Waals surface area contributed by atoms with Gasteiger partial charge < -0.3 is 14.7 Å². The van der Waals surface area contributed by atoms with E-state index in [1.54, 1.807) is 42.5 Å². The number of rotatable bonds is 2. The summed E-state index contributed by atoms with van der Waals surface area (Å²) in [6, 6.07) is 14.3. The second kappa shape index (κ2) is 5.59. The van der Waals surface area contributed by atoms with Gasteiger partial charge in [0.15, 0.2) is 5.58 Å². The third-order valence-electron chi connectivity index (χ3n) is 4.18. The average molecular weight is 336 g/mol. The summed E-state index contributed by atoms with van der Waals surface area (Å²) in [6.45, 7) is 0.0422. The van der Waals surface area contributed by atoms with Gasteiger partial charge in [-0.25, -0.2) is 9.18 Å². The van der Waals surface area contributed by atoms with Crippen LogP contribution in [0.2, 0.25) is 0 Å². The van der Waals surface area contributed by atoms with Crippen molar-refractivity contribution < 1.29 is 8.81 Å². The molecule has 0 bridgehead atoms. The van der Waals surface area contributed by atoms with Crippen molar-refractivity contribution in [2.24, 2.45) is 0 Å². The molecule has 0 saturated carbocycles. The Balaban J connectivity index is 2.13. The summed E-state index contributed by atoms with van der Waals surface area (Å²) >= 11 is 0. The van der Waals surface area contributed by atoms with Gasteiger partial charge in [-0.2, -0.15) is 0 Å². The average Bonchev–Trinajstić information content (AvgIpc) is 2.59. The summed E-state index contributed by atoms with van der Waals surface area (Å²) < 4.78 is 20.7. The molecule has 25 heavy (non-hydrogen) atoms. The molecule has 6 heteroatoms. The number of hydrogen-bond acceptors (Lipinski definition) is 4. The third kappa shape index (κ3) is 2.39. The van der Waals surface area contributed by atoms with E-state index in [1.807, 2.05) is 0 Å². The van der Waals surface area contributed by atoms with E-state index in [9.17, 15) is 14.0 Å². The zero-order valence-electron chi connectivity index (χ0n) is 13.0. The highest BCUT2D eigenvalue weighted by atomic mass is 19.1. The lowest BCUT2D eigenvalue weighted by atomic mass is 10.1. The fraction of sp³-hybridized carbons (Fsp3) is 0.0526. The van der Waals surface area contributed by atoms with Crippen LogP contribution in [0.25, 0.3) is 21.9 Å². The highest BCUT2D eigenvalue weighted by Crippen LogP contribution is 2.25. The fourth-order valence-corrected chi connectivity index (χ4v) is 3.02. The van der Waals surface area contributed by atoms with Crippen LogP contribution in [0.1, 0.15) is 5.56 Å². The molecule has 4 rings (SSSR count). The van der Waals surface area contributed by atoms with Gasteiger partial charge in [-0.3, -0.25) is 4.79 Å². The number of pyridine rings is 1. The maximum atomic E-state index is 14.1. The number of nitrogen functional groups attached to an aromatic ring is 1. The molecule has 2 aromatic carbocycles. The van der Waals surface area contributed by atoms with Crippen molar-refractivity contribution in [1.82, 2.24) is 4.57 Å². The Bertz CT molecular complexity index is 1240. The summed E-state index contributed by atoms with van der Waals surface area (Å²) in [4.78, 5) is 24.7. The van der Waals surface area contributed by atoms with Gasteiger partial charge >= 0.3 is 5.63 Å². The second-order valence-corrected chi connectivity index (χ2v) is 5.72. The van der Waals surface area contributed by atoms with Gasteiger partial charge in [0.25, 0.3) is 5.56 Å². The maximum absolute atomic E-state index is 14.1. The maximum Gasteiger partial charge on any atom is 0.338 e. The molecule has 0 aliphatic carbocycles. The highest BCUT2D eigenvalue weighted by Gasteiger charge is 2.16. The molecule has 0 unspecified atom stereocenters. The molecule has 2 N–H and O–H groups in total. The normalized spacial score (nSPS) is 11.2. The largest absolute Gasteiger partial charge is 0.422 e. The first-order valence-corrected chi connectivity index (χ1v) is 7.64. The van der Waals surface area contributed by atoms with Crippen molar-refractivity contribution in [2.45, 2.75) is 6.54 Å². The summed E-state index contributed by atoms with van der Waals surface area (Å²) in [5.41, 5.74) is 5.95. The van der Waals surface area contributed by atoms with E-state index in [-0.39, 0.29) is 23.2 Å². The van der Waals surface area contributed by atoms with Crippen molar-refractivity contribution in [1.29, 1.82) is 0 Å². The van der Waals surface area contributed by atoms with E-state index < -0.39 is 17.0 Å². The van der Waals surface area contributed by atoms with Crippen LogP contribution in [0, 0.1) is 5.82 Å². The molecular weight excluding hydrogens is 323 g/mol. The van der Waals surface area contributed by atoms with E-state index in [2.05, 4.69) is 0 Å². The molecule has 0 spiro atoms. The summed E-state index contributed by atoms with van der Waals surface area (Å²) in [5.74, 6) is -0.397. The highest BCUT2D eigenvalue weighted by molar-refractivity contribution is 6.05. The number of anilines is 1. The molecule has 5 nitrogen and oxygen atoms in total. The van der Waals surface area contributed by atoms with Crippen LogP contribution < -0.4 is 16.9 Å². The molecule has 0 amide bonds. The SMILES string of the molecule is Nc1cc(=O)oc2c1c(=O)n(Cc1ccccc1F)c1ccccc21. The van der Waals surface area contributed by atoms with Crippen LogP contribution >= 0.6 is 0 Å². The standard InChI is InChI=1S/C19H13FN2O3/c20-13-7-3-1-5-11(13)10-22-15-8-4-2-6-12(15)18-17(19(22)24)14(21)9-16(23)25-18/h1-9H,10,21H2. The molecule has 0 saturated heterocycles. The van der Waals surface area contributed by atoms with Crippen LogP contribution in [0.4, 0.5) is 10.1 Å². The lowest BCUT2D eigenvalue weighted by molar-refractivity contribution is 0.563. The minimum atomic E-state index is -0.624. The number of fused-ring (bicyclic) bond motifs is 3. The molecule has 0 aliphatic rings. The van der Waals surface area contributed by atoms with E-state index in [1.165, 1.54) is 10.6 Å². The van der Waals surface area contributed by atoms with Gasteiger partial charge in [-0.05, 0) is 18.2 Å². The number of aromatic nitrogens is 1. The minimum absolute atomic E-state index is 0.0422. The quantitative estimate of drug-likeness (QED) is 0.571. The van der Waals surface area contributed by atoms with E-state index >= 15 is 0 Å². The van der Waals surface area contributed by atoms with Gasteiger partial charge in [-0.1, -0.05) is 30.3 Å². The van der Waals surface area contributed by atoms with Crippen LogP contribution in [-0.2, 0) is 6.54 Å². The molecule has 0 radical (unpaired) electrons. The zero-order chi connectivity index (χ0) is 17.6. The van der Waals surface area contributed by atoms with Crippen molar-refractivity contribution in [3.63, 3.8) is 0 Å². The Hall–Kier alpha value is -3.41. The Morgan fingerprint density at radius 1 is 1.04 bits per heavy atom. The van der Waals surface area contributed by atoms with Crippen molar-refractivity contribution in [3.05, 3.63) is 86.8 Å². The van der Waals surface area contributed by atoms with E-state index in [4.69, 9.17) is 10.2 Å². The van der Waals surface area contributed by atoms with Crippen molar-refractivity contribution >= 4 is 27.6 Å². The van der Waals surface area contributed by atoms with E-state index in [0.29, 0.717) is 16.5 Å². The lowest BCUT2D eigenvalue weighted by Gasteiger charge is -2.13. The van der Waals surface area contributed by atoms with Crippen molar-refractivity contribution in [3.8, 4) is 0 Å². The first-order chi connectivity index (χ1) is 12.1. The number of halogens is 1. The predicted molar refractivity (Wildman–Crippen MR) is 94.2 cm³/mol. The lowest BCUT2D eigenvalue weighted by Crippen LogP contribution is -2.23. The first kappa shape index (κ1) is 15.1. The van der Waals surface area contributed by atoms with Gasteiger partial charge in [-0.15, -0.1) is 0 Å². The number of nitrogens with two attached hydrogens (primary N) is 1. The number of hydrogen-bond donors (Lipinski definition) is 1. The van der Waals surface area contributed by atoms with Crippen LogP contribution in [0.15, 0.2) is 68.6 Å². The molecule has 4 aromatic rings. The fourth-order valence-electron chi connectivity index (χ4n) is 3.02. The van der Waals surface area contributed by atoms with Crippen molar-refractivity contribution in [2.75, 3.05) is 5.73 Å². The molecule has 0 fully saturated rings. The van der Waals surface area contributed by atoms with Crippen LogP contribution in [-0.4, -0.2) is 4.57 Å². The van der Waals surface area contributed by atoms with Gasteiger partial charge in [0, 0.05) is 17.0 Å². The summed E-state index contributed by atoms with van der Waals surface area (Å²) in [6.07, 6.45) is 0. The van der Waals surface area contributed by atoms with Crippen LogP contribution in [0.5, 0.6) is 0 Å². The monoisotopic (exact) mass is 336 g/mol. The minimum Gasteiger partial charge on any atom is -0.422 e. The van der Waals surface area contributed by atoms with Crippen LogP contribution in [0.3, 0.4) is 0 Å². The van der Waals surface area contributed by atoms with Gasteiger partial charge in [0.1, 0.15) is 11.2 Å². The second-order valence-electron chi connectivity index (χ2n) is 5.72. The topological polar surface area (TPSA) is 78.2 Å². The molecule has 0 aliphatic heterocycles. The zero-order valence-corrected chi connectivity index (χ0v) is 13.0. The van der Waals surface area contributed by atoms with Gasteiger partial charge in [0.2, 0.25) is 0 Å². The number of nitrogens with zero attached hydrogens (tertiary/aromatic N) is 1. The Morgan fingerprint density at radius 3 is 2.56 bits per heavy atom.